The average Bonchev–Trinajstić information content (AvgIpc) is 2.76. The fourth-order valence-corrected chi connectivity index (χ4v) is 2.33. The third-order valence-corrected chi connectivity index (χ3v) is 3.45. The molecule has 1 aromatic heterocycles. The Morgan fingerprint density at radius 3 is 2.65 bits per heavy atom. The summed E-state index contributed by atoms with van der Waals surface area (Å²) >= 11 is 6.29. The summed E-state index contributed by atoms with van der Waals surface area (Å²) in [6.07, 6.45) is 2.60. The predicted molar refractivity (Wildman–Crippen MR) is 69.4 cm³/mol. The number of aromatic amines is 1. The van der Waals surface area contributed by atoms with E-state index in [-0.39, 0.29) is 0 Å². The van der Waals surface area contributed by atoms with Gasteiger partial charge >= 0.3 is 0 Å². The van der Waals surface area contributed by atoms with Crippen molar-refractivity contribution in [2.45, 2.75) is 33.1 Å². The number of nitrogens with zero attached hydrogens (tertiary/aromatic N) is 2. The second-order valence-corrected chi connectivity index (χ2v) is 4.93. The summed E-state index contributed by atoms with van der Waals surface area (Å²) in [7, 11) is 0. The molecule has 0 spiro atoms. The van der Waals surface area contributed by atoms with Crippen molar-refractivity contribution in [1.29, 1.82) is 0 Å². The van der Waals surface area contributed by atoms with E-state index in [2.05, 4.69) is 42.2 Å². The molecule has 1 heterocycles. The van der Waals surface area contributed by atoms with Crippen LogP contribution in [0.4, 0.5) is 0 Å². The Labute approximate surface area is 106 Å². The van der Waals surface area contributed by atoms with Gasteiger partial charge < -0.3 is 0 Å². The van der Waals surface area contributed by atoms with E-state index >= 15 is 0 Å². The quantitative estimate of drug-likeness (QED) is 0.906. The summed E-state index contributed by atoms with van der Waals surface area (Å²) < 4.78 is 0. The summed E-state index contributed by atoms with van der Waals surface area (Å²) in [4.78, 5) is 0. The van der Waals surface area contributed by atoms with E-state index < -0.39 is 0 Å². The summed E-state index contributed by atoms with van der Waals surface area (Å²) in [5, 5.41) is 11.4. The van der Waals surface area contributed by atoms with Gasteiger partial charge in [0.05, 0.1) is 11.9 Å². The number of halogens is 1. The number of benzene rings is 1. The molecule has 4 heteroatoms. The molecule has 0 fully saturated rings. The lowest BCUT2D eigenvalue weighted by Gasteiger charge is -2.14. The molecule has 1 atom stereocenters. The van der Waals surface area contributed by atoms with Crippen LogP contribution in [0.2, 0.25) is 5.02 Å². The monoisotopic (exact) mass is 249 g/mol. The van der Waals surface area contributed by atoms with Crippen molar-refractivity contribution in [3.8, 4) is 0 Å². The number of hydrogen-bond acceptors (Lipinski definition) is 2. The van der Waals surface area contributed by atoms with E-state index in [0.717, 1.165) is 17.1 Å². The van der Waals surface area contributed by atoms with E-state index in [0.29, 0.717) is 5.92 Å². The molecule has 90 valence electrons. The molecular weight excluding hydrogens is 234 g/mol. The number of aromatic nitrogens is 3. The minimum atomic E-state index is 0.340. The molecule has 0 aliphatic carbocycles. The Morgan fingerprint density at radius 2 is 2.00 bits per heavy atom. The summed E-state index contributed by atoms with van der Waals surface area (Å²) in [6, 6.07) is 4.20. The molecule has 2 rings (SSSR count). The minimum Gasteiger partial charge on any atom is -0.198 e. The third kappa shape index (κ3) is 2.67. The van der Waals surface area contributed by atoms with Gasteiger partial charge in [-0.05, 0) is 48.9 Å². The lowest BCUT2D eigenvalue weighted by atomic mass is 9.93. The molecule has 0 aliphatic heterocycles. The fourth-order valence-electron chi connectivity index (χ4n) is 1.93. The highest BCUT2D eigenvalue weighted by Gasteiger charge is 2.13. The van der Waals surface area contributed by atoms with Crippen LogP contribution in [-0.2, 0) is 6.42 Å². The summed E-state index contributed by atoms with van der Waals surface area (Å²) in [5.41, 5.74) is 4.65. The highest BCUT2D eigenvalue weighted by atomic mass is 35.5. The minimum absolute atomic E-state index is 0.340. The summed E-state index contributed by atoms with van der Waals surface area (Å²) in [6.45, 7) is 6.34. The maximum Gasteiger partial charge on any atom is 0.0830 e. The van der Waals surface area contributed by atoms with Crippen molar-refractivity contribution >= 4 is 11.6 Å². The highest BCUT2D eigenvalue weighted by Crippen LogP contribution is 2.29. The van der Waals surface area contributed by atoms with E-state index in [9.17, 15) is 0 Å². The van der Waals surface area contributed by atoms with Crippen LogP contribution < -0.4 is 0 Å². The molecule has 0 saturated carbocycles. The van der Waals surface area contributed by atoms with E-state index in [1.807, 2.05) is 6.07 Å². The zero-order valence-corrected chi connectivity index (χ0v) is 11.0. The van der Waals surface area contributed by atoms with Gasteiger partial charge in [-0.1, -0.05) is 24.6 Å². The Kier molecular flexibility index (Phi) is 3.48. The molecule has 3 nitrogen and oxygen atoms in total. The van der Waals surface area contributed by atoms with Gasteiger partial charge in [-0.2, -0.15) is 15.4 Å². The van der Waals surface area contributed by atoms with Crippen molar-refractivity contribution in [2.24, 2.45) is 0 Å². The molecular formula is C13H16ClN3. The number of rotatable bonds is 3. The van der Waals surface area contributed by atoms with Crippen molar-refractivity contribution in [3.63, 3.8) is 0 Å². The Balaban J connectivity index is 2.24. The normalized spacial score (nSPS) is 12.7. The van der Waals surface area contributed by atoms with E-state index in [1.54, 1.807) is 6.20 Å². The molecule has 0 saturated heterocycles. The van der Waals surface area contributed by atoms with Gasteiger partial charge in [0.2, 0.25) is 0 Å². The van der Waals surface area contributed by atoms with Gasteiger partial charge in [-0.3, -0.25) is 0 Å². The molecule has 17 heavy (non-hydrogen) atoms. The lowest BCUT2D eigenvalue weighted by molar-refractivity contribution is 0.735. The van der Waals surface area contributed by atoms with Gasteiger partial charge in [-0.15, -0.1) is 0 Å². The van der Waals surface area contributed by atoms with Crippen LogP contribution in [-0.4, -0.2) is 15.4 Å². The maximum absolute atomic E-state index is 6.29. The van der Waals surface area contributed by atoms with Crippen LogP contribution in [0, 0.1) is 13.8 Å². The largest absolute Gasteiger partial charge is 0.198 e. The third-order valence-electron chi connectivity index (χ3n) is 3.12. The molecule has 1 N–H and O–H groups in total. The number of aryl methyl sites for hydroxylation is 2. The Hall–Kier alpha value is -1.35. The van der Waals surface area contributed by atoms with E-state index in [4.69, 9.17) is 11.6 Å². The van der Waals surface area contributed by atoms with Crippen LogP contribution in [0.25, 0.3) is 0 Å². The molecule has 0 amide bonds. The molecule has 1 unspecified atom stereocenters. The molecule has 0 bridgehead atoms. The van der Waals surface area contributed by atoms with Crippen molar-refractivity contribution < 1.29 is 0 Å². The second kappa shape index (κ2) is 4.88. The second-order valence-electron chi connectivity index (χ2n) is 4.52. The fraction of sp³-hybridized carbons (Fsp3) is 0.385. The van der Waals surface area contributed by atoms with Gasteiger partial charge in [0.25, 0.3) is 0 Å². The highest BCUT2D eigenvalue weighted by molar-refractivity contribution is 6.31. The van der Waals surface area contributed by atoms with Crippen molar-refractivity contribution in [1.82, 2.24) is 15.4 Å². The van der Waals surface area contributed by atoms with Gasteiger partial charge in [0, 0.05) is 5.02 Å². The average molecular weight is 250 g/mol. The van der Waals surface area contributed by atoms with Crippen LogP contribution in [0.15, 0.2) is 18.3 Å². The number of nitrogens with one attached hydrogen (secondary N) is 1. The first-order valence-electron chi connectivity index (χ1n) is 5.69. The van der Waals surface area contributed by atoms with E-state index in [1.165, 1.54) is 16.7 Å². The first kappa shape index (κ1) is 12.1. The molecule has 0 radical (unpaired) electrons. The predicted octanol–water partition coefficient (Wildman–Crippen LogP) is 3.42. The number of hydrogen-bond donors (Lipinski definition) is 1. The van der Waals surface area contributed by atoms with Crippen LogP contribution in [0.5, 0.6) is 0 Å². The standard InChI is InChI=1S/C13H16ClN3/c1-8-5-12(13(14)6-9(8)2)10(3)4-11-7-15-17-16-11/h5-7,10H,4H2,1-3H3,(H,15,16,17). The SMILES string of the molecule is Cc1cc(Cl)c(C(C)Cc2cn[nH]n2)cc1C. The van der Waals surface area contributed by atoms with Gasteiger partial charge in [0.15, 0.2) is 0 Å². The van der Waals surface area contributed by atoms with Crippen molar-refractivity contribution in [2.75, 3.05) is 0 Å². The zero-order chi connectivity index (χ0) is 12.4. The smallest absolute Gasteiger partial charge is 0.0830 e. The molecule has 2 aromatic rings. The van der Waals surface area contributed by atoms with Crippen LogP contribution in [0.3, 0.4) is 0 Å². The molecule has 0 aliphatic rings. The van der Waals surface area contributed by atoms with Gasteiger partial charge in [0.1, 0.15) is 0 Å². The van der Waals surface area contributed by atoms with Crippen LogP contribution in [0.1, 0.15) is 35.2 Å². The molecule has 1 aromatic carbocycles. The Bertz CT molecular complexity index is 506. The zero-order valence-electron chi connectivity index (χ0n) is 10.3. The first-order valence-corrected chi connectivity index (χ1v) is 6.07. The van der Waals surface area contributed by atoms with Crippen LogP contribution >= 0.6 is 11.6 Å². The number of H-pyrrole nitrogens is 1. The van der Waals surface area contributed by atoms with Gasteiger partial charge in [-0.25, -0.2) is 0 Å². The maximum atomic E-state index is 6.29. The topological polar surface area (TPSA) is 41.6 Å². The summed E-state index contributed by atoms with van der Waals surface area (Å²) in [5.74, 6) is 0.340. The first-order chi connectivity index (χ1) is 8.08. The van der Waals surface area contributed by atoms with Crippen molar-refractivity contribution in [3.05, 3.63) is 45.7 Å². The Morgan fingerprint density at radius 1 is 1.29 bits per heavy atom. The lowest BCUT2D eigenvalue weighted by Crippen LogP contribution is -2.01.